The Bertz CT molecular complexity index is 810. The molecule has 0 saturated carbocycles. The van der Waals surface area contributed by atoms with Gasteiger partial charge in [-0.1, -0.05) is 23.2 Å². The van der Waals surface area contributed by atoms with Gasteiger partial charge in [0.05, 0.1) is 6.26 Å². The summed E-state index contributed by atoms with van der Waals surface area (Å²) in [5, 5.41) is 3.19. The molecule has 136 valence electrons. The Hall–Kier alpha value is -2.51. The van der Waals surface area contributed by atoms with Crippen LogP contribution >= 0.6 is 23.2 Å². The molecule has 1 N–H and O–H groups in total. The number of piperazine rings is 1. The molecule has 9 heteroatoms. The molecule has 1 aromatic heterocycles. The molecule has 0 aliphatic carbocycles. The predicted molar refractivity (Wildman–Crippen MR) is 96.3 cm³/mol. The molecule has 2 aromatic rings. The Morgan fingerprint density at radius 1 is 0.962 bits per heavy atom. The van der Waals surface area contributed by atoms with Crippen LogP contribution in [0, 0.1) is 0 Å². The largest absolute Gasteiger partial charge is 0.459 e. The first-order chi connectivity index (χ1) is 12.4. The van der Waals surface area contributed by atoms with Crippen LogP contribution in [-0.2, 0) is 9.59 Å². The van der Waals surface area contributed by atoms with E-state index >= 15 is 0 Å². The molecule has 0 bridgehead atoms. The van der Waals surface area contributed by atoms with Crippen LogP contribution < -0.4 is 5.32 Å². The molecule has 3 amide bonds. The van der Waals surface area contributed by atoms with Crippen molar-refractivity contribution in [3.8, 4) is 0 Å². The monoisotopic (exact) mass is 395 g/mol. The Balaban J connectivity index is 1.56. The van der Waals surface area contributed by atoms with Gasteiger partial charge in [0.2, 0.25) is 0 Å². The Labute approximate surface area is 159 Å². The number of carbonyl (C=O) groups excluding carboxylic acids is 3. The van der Waals surface area contributed by atoms with E-state index in [2.05, 4.69) is 5.32 Å². The number of benzene rings is 1. The molecule has 2 heterocycles. The van der Waals surface area contributed by atoms with Crippen LogP contribution in [-0.4, -0.2) is 53.7 Å². The van der Waals surface area contributed by atoms with Crippen molar-refractivity contribution in [2.45, 2.75) is 0 Å². The lowest BCUT2D eigenvalue weighted by Crippen LogP contribution is -2.52. The summed E-state index contributed by atoms with van der Waals surface area (Å²) in [6.07, 6.45) is 1.43. The first-order valence-corrected chi connectivity index (χ1v) is 8.59. The lowest BCUT2D eigenvalue weighted by molar-refractivity contribution is -0.144. The fourth-order valence-corrected chi connectivity index (χ4v) is 3.15. The van der Waals surface area contributed by atoms with Crippen molar-refractivity contribution < 1.29 is 18.8 Å². The number of hydrogen-bond donors (Lipinski definition) is 1. The number of hydrogen-bond acceptors (Lipinski definition) is 4. The van der Waals surface area contributed by atoms with Gasteiger partial charge in [-0.25, -0.2) is 0 Å². The topological polar surface area (TPSA) is 82.9 Å². The molecule has 1 aliphatic heterocycles. The average Bonchev–Trinajstić information content (AvgIpc) is 3.14. The van der Waals surface area contributed by atoms with Gasteiger partial charge in [-0.15, -0.1) is 0 Å². The van der Waals surface area contributed by atoms with Crippen LogP contribution in [0.4, 0.5) is 5.69 Å². The normalized spacial score (nSPS) is 14.2. The van der Waals surface area contributed by atoms with Crippen molar-refractivity contribution in [2.24, 2.45) is 0 Å². The van der Waals surface area contributed by atoms with Gasteiger partial charge in [0.1, 0.15) is 0 Å². The highest BCUT2D eigenvalue weighted by Crippen LogP contribution is 2.22. The molecule has 7 nitrogen and oxygen atoms in total. The number of carbonyl (C=O) groups is 3. The van der Waals surface area contributed by atoms with Crippen molar-refractivity contribution in [3.05, 3.63) is 52.4 Å². The van der Waals surface area contributed by atoms with Gasteiger partial charge in [0, 0.05) is 41.9 Å². The maximum absolute atomic E-state index is 12.3. The number of furan rings is 1. The summed E-state index contributed by atoms with van der Waals surface area (Å²) in [6, 6.07) is 7.75. The van der Waals surface area contributed by atoms with Crippen molar-refractivity contribution in [1.29, 1.82) is 0 Å². The number of amides is 3. The van der Waals surface area contributed by atoms with Crippen molar-refractivity contribution in [1.82, 2.24) is 9.80 Å². The van der Waals surface area contributed by atoms with Crippen LogP contribution in [0.1, 0.15) is 10.6 Å². The predicted octanol–water partition coefficient (Wildman–Crippen LogP) is 2.51. The molecule has 3 rings (SSSR count). The van der Waals surface area contributed by atoms with Gasteiger partial charge in [-0.05, 0) is 30.3 Å². The molecule has 26 heavy (non-hydrogen) atoms. The lowest BCUT2D eigenvalue weighted by atomic mass is 10.2. The van der Waals surface area contributed by atoms with E-state index in [0.717, 1.165) is 0 Å². The third-order valence-electron chi connectivity index (χ3n) is 3.90. The molecular weight excluding hydrogens is 381 g/mol. The zero-order chi connectivity index (χ0) is 18.7. The van der Waals surface area contributed by atoms with Crippen molar-refractivity contribution in [2.75, 3.05) is 31.5 Å². The van der Waals surface area contributed by atoms with Gasteiger partial charge >= 0.3 is 11.8 Å². The Kier molecular flexibility index (Phi) is 5.49. The second-order valence-corrected chi connectivity index (χ2v) is 6.55. The van der Waals surface area contributed by atoms with E-state index in [1.165, 1.54) is 29.4 Å². The molecule has 1 fully saturated rings. The SMILES string of the molecule is O=C(Nc1cc(Cl)cc(Cl)c1)C(=O)N1CCN(C(=O)c2ccco2)CC1. The summed E-state index contributed by atoms with van der Waals surface area (Å²) in [6.45, 7) is 1.16. The molecule has 0 radical (unpaired) electrons. The minimum Gasteiger partial charge on any atom is -0.459 e. The quantitative estimate of drug-likeness (QED) is 0.791. The van der Waals surface area contributed by atoms with E-state index in [1.807, 2.05) is 0 Å². The fourth-order valence-electron chi connectivity index (χ4n) is 2.62. The van der Waals surface area contributed by atoms with Crippen LogP contribution in [0.5, 0.6) is 0 Å². The third kappa shape index (κ3) is 4.17. The number of anilines is 1. The summed E-state index contributed by atoms with van der Waals surface area (Å²) in [5.41, 5.74) is 0.340. The molecule has 1 saturated heterocycles. The van der Waals surface area contributed by atoms with Gasteiger partial charge in [-0.3, -0.25) is 14.4 Å². The molecule has 1 aliphatic rings. The van der Waals surface area contributed by atoms with Crippen LogP contribution in [0.3, 0.4) is 0 Å². The number of halogens is 2. The summed E-state index contributed by atoms with van der Waals surface area (Å²) < 4.78 is 5.09. The standard InChI is InChI=1S/C17H15Cl2N3O4/c18-11-8-12(19)10-13(9-11)20-15(23)17(25)22-5-3-21(4-6-22)16(24)14-2-1-7-26-14/h1-2,7-10H,3-6H2,(H,20,23). The summed E-state index contributed by atoms with van der Waals surface area (Å²) in [7, 11) is 0. The van der Waals surface area contributed by atoms with Crippen molar-refractivity contribution >= 4 is 46.6 Å². The average molecular weight is 396 g/mol. The van der Waals surface area contributed by atoms with E-state index in [0.29, 0.717) is 28.8 Å². The van der Waals surface area contributed by atoms with Crippen LogP contribution in [0.15, 0.2) is 41.0 Å². The minimum atomic E-state index is -0.783. The zero-order valence-electron chi connectivity index (χ0n) is 13.6. The second-order valence-electron chi connectivity index (χ2n) is 5.67. The Morgan fingerprint density at radius 3 is 2.15 bits per heavy atom. The minimum absolute atomic E-state index is 0.236. The first kappa shape index (κ1) is 18.3. The summed E-state index contributed by atoms with van der Waals surface area (Å²) in [5.74, 6) is -1.44. The maximum atomic E-state index is 12.3. The number of nitrogens with one attached hydrogen (secondary N) is 1. The molecule has 0 atom stereocenters. The molecular formula is C17H15Cl2N3O4. The summed E-state index contributed by atoms with van der Waals surface area (Å²) >= 11 is 11.7. The second kappa shape index (κ2) is 7.80. The number of rotatable bonds is 2. The Morgan fingerprint density at radius 2 is 1.58 bits per heavy atom. The molecule has 0 unspecified atom stereocenters. The van der Waals surface area contributed by atoms with Crippen LogP contribution in [0.25, 0.3) is 0 Å². The molecule has 1 aromatic carbocycles. The van der Waals surface area contributed by atoms with Crippen molar-refractivity contribution in [3.63, 3.8) is 0 Å². The third-order valence-corrected chi connectivity index (χ3v) is 4.34. The summed E-state index contributed by atoms with van der Waals surface area (Å²) in [4.78, 5) is 39.6. The fraction of sp³-hybridized carbons (Fsp3) is 0.235. The van der Waals surface area contributed by atoms with E-state index in [-0.39, 0.29) is 24.8 Å². The van der Waals surface area contributed by atoms with Gasteiger partial charge in [0.15, 0.2) is 5.76 Å². The van der Waals surface area contributed by atoms with E-state index in [1.54, 1.807) is 17.0 Å². The van der Waals surface area contributed by atoms with E-state index in [4.69, 9.17) is 27.6 Å². The zero-order valence-corrected chi connectivity index (χ0v) is 15.1. The van der Waals surface area contributed by atoms with Gasteiger partial charge in [0.25, 0.3) is 5.91 Å². The maximum Gasteiger partial charge on any atom is 0.313 e. The smallest absolute Gasteiger partial charge is 0.313 e. The van der Waals surface area contributed by atoms with Gasteiger partial charge < -0.3 is 19.5 Å². The van der Waals surface area contributed by atoms with E-state index < -0.39 is 11.8 Å². The number of nitrogens with zero attached hydrogens (tertiary/aromatic N) is 2. The highest BCUT2D eigenvalue weighted by molar-refractivity contribution is 6.40. The van der Waals surface area contributed by atoms with E-state index in [9.17, 15) is 14.4 Å². The van der Waals surface area contributed by atoms with Crippen LogP contribution in [0.2, 0.25) is 10.0 Å². The van der Waals surface area contributed by atoms with Gasteiger partial charge in [-0.2, -0.15) is 0 Å². The highest BCUT2D eigenvalue weighted by Gasteiger charge is 2.29. The lowest BCUT2D eigenvalue weighted by Gasteiger charge is -2.33. The highest BCUT2D eigenvalue weighted by atomic mass is 35.5. The first-order valence-electron chi connectivity index (χ1n) is 7.83. The molecule has 0 spiro atoms.